The Morgan fingerprint density at radius 2 is 2.10 bits per heavy atom. The second kappa shape index (κ2) is 2.23. The van der Waals surface area contributed by atoms with E-state index in [-0.39, 0.29) is 0 Å². The van der Waals surface area contributed by atoms with Crippen molar-refractivity contribution in [3.63, 3.8) is 0 Å². The van der Waals surface area contributed by atoms with Crippen LogP contribution >= 0.6 is 0 Å². The van der Waals surface area contributed by atoms with Crippen LogP contribution in [0.25, 0.3) is 0 Å². The van der Waals surface area contributed by atoms with Gasteiger partial charge in [-0.1, -0.05) is 0 Å². The van der Waals surface area contributed by atoms with Crippen molar-refractivity contribution in [1.82, 2.24) is 0 Å². The molecule has 1 saturated carbocycles. The van der Waals surface area contributed by atoms with Gasteiger partial charge in [-0.3, -0.25) is 4.79 Å². The first-order valence-corrected chi connectivity index (χ1v) is 3.51. The van der Waals surface area contributed by atoms with Crippen LogP contribution in [0, 0.1) is 5.92 Å². The smallest absolute Gasteiger partial charge is 0.309 e. The van der Waals surface area contributed by atoms with Crippen LogP contribution in [0.2, 0.25) is 0 Å². The zero-order chi connectivity index (χ0) is 7.78. The van der Waals surface area contributed by atoms with Crippen LogP contribution in [-0.4, -0.2) is 21.8 Å². The molecule has 1 aliphatic carbocycles. The van der Waals surface area contributed by atoms with Crippen LogP contribution < -0.4 is 0 Å². The average molecular weight is 144 g/mol. The lowest BCUT2D eigenvalue weighted by Crippen LogP contribution is -2.46. The van der Waals surface area contributed by atoms with Crippen molar-refractivity contribution in [3.05, 3.63) is 0 Å². The summed E-state index contributed by atoms with van der Waals surface area (Å²) in [6, 6.07) is 0. The predicted octanol–water partition coefficient (Wildman–Crippen LogP) is 0.622. The highest BCUT2D eigenvalue weighted by molar-refractivity contribution is 5.71. The Hall–Kier alpha value is -0.570. The standard InChI is InChI=1S/C7H12O3/c1-5(6(8)9)7(10)3-2-4-7/h5,10H,2-4H2,1H3,(H,8,9)/t5-/m1/s1. The molecule has 58 valence electrons. The van der Waals surface area contributed by atoms with Crippen LogP contribution in [0.5, 0.6) is 0 Å². The summed E-state index contributed by atoms with van der Waals surface area (Å²) in [7, 11) is 0. The van der Waals surface area contributed by atoms with Gasteiger partial charge in [0.15, 0.2) is 0 Å². The van der Waals surface area contributed by atoms with Crippen LogP contribution in [0.1, 0.15) is 26.2 Å². The molecule has 1 fully saturated rings. The summed E-state index contributed by atoms with van der Waals surface area (Å²) < 4.78 is 0. The number of carboxylic acid groups (broad SMARTS) is 1. The summed E-state index contributed by atoms with van der Waals surface area (Å²) in [6.07, 6.45) is 2.23. The zero-order valence-corrected chi connectivity index (χ0v) is 6.00. The minimum atomic E-state index is -0.901. The normalized spacial score (nSPS) is 25.0. The zero-order valence-electron chi connectivity index (χ0n) is 6.00. The number of hydrogen-bond acceptors (Lipinski definition) is 2. The fourth-order valence-electron chi connectivity index (χ4n) is 1.20. The monoisotopic (exact) mass is 144 g/mol. The first kappa shape index (κ1) is 7.54. The van der Waals surface area contributed by atoms with Gasteiger partial charge in [-0.2, -0.15) is 0 Å². The molecule has 2 N–H and O–H groups in total. The minimum absolute atomic E-state index is 0.610. The van der Waals surface area contributed by atoms with Crippen molar-refractivity contribution in [2.45, 2.75) is 31.8 Å². The lowest BCUT2D eigenvalue weighted by atomic mass is 9.72. The SMILES string of the molecule is C[C@H](C(=O)O)C1(O)CCC1. The fraction of sp³-hybridized carbons (Fsp3) is 0.857. The number of hydrogen-bond donors (Lipinski definition) is 2. The molecular formula is C7H12O3. The summed E-state index contributed by atoms with van der Waals surface area (Å²) in [6.45, 7) is 1.56. The molecule has 3 nitrogen and oxygen atoms in total. The van der Waals surface area contributed by atoms with E-state index in [1.165, 1.54) is 0 Å². The van der Waals surface area contributed by atoms with Crippen molar-refractivity contribution in [1.29, 1.82) is 0 Å². The van der Waals surface area contributed by atoms with Gasteiger partial charge >= 0.3 is 5.97 Å². The van der Waals surface area contributed by atoms with E-state index in [4.69, 9.17) is 5.11 Å². The molecule has 0 amide bonds. The van der Waals surface area contributed by atoms with E-state index in [1.807, 2.05) is 0 Å². The summed E-state index contributed by atoms with van der Waals surface area (Å²) in [5.41, 5.74) is -0.897. The third-order valence-electron chi connectivity index (χ3n) is 2.40. The van der Waals surface area contributed by atoms with Crippen molar-refractivity contribution in [2.75, 3.05) is 0 Å². The van der Waals surface area contributed by atoms with Crippen molar-refractivity contribution in [3.8, 4) is 0 Å². The van der Waals surface area contributed by atoms with E-state index >= 15 is 0 Å². The molecular weight excluding hydrogens is 132 g/mol. The van der Waals surface area contributed by atoms with Crippen molar-refractivity contribution in [2.24, 2.45) is 5.92 Å². The number of aliphatic hydroxyl groups is 1. The van der Waals surface area contributed by atoms with E-state index in [9.17, 15) is 9.90 Å². The van der Waals surface area contributed by atoms with Gasteiger partial charge in [0.1, 0.15) is 0 Å². The van der Waals surface area contributed by atoms with Gasteiger partial charge in [0.25, 0.3) is 0 Å². The Labute approximate surface area is 59.7 Å². The topological polar surface area (TPSA) is 57.5 Å². The lowest BCUT2D eigenvalue weighted by Gasteiger charge is -2.39. The molecule has 0 unspecified atom stereocenters. The molecule has 1 aliphatic rings. The predicted molar refractivity (Wildman–Crippen MR) is 35.6 cm³/mol. The number of carbonyl (C=O) groups is 1. The molecule has 10 heavy (non-hydrogen) atoms. The van der Waals surface area contributed by atoms with Gasteiger partial charge in [0, 0.05) is 0 Å². The first-order valence-electron chi connectivity index (χ1n) is 3.51. The molecule has 0 heterocycles. The largest absolute Gasteiger partial charge is 0.481 e. The summed E-state index contributed by atoms with van der Waals surface area (Å²) in [5.74, 6) is -1.51. The van der Waals surface area contributed by atoms with Gasteiger partial charge in [0.05, 0.1) is 11.5 Å². The molecule has 0 bridgehead atoms. The Morgan fingerprint density at radius 3 is 2.20 bits per heavy atom. The second-order valence-corrected chi connectivity index (χ2v) is 3.02. The molecule has 0 saturated heterocycles. The fourth-order valence-corrected chi connectivity index (χ4v) is 1.20. The third-order valence-corrected chi connectivity index (χ3v) is 2.40. The Bertz CT molecular complexity index is 149. The van der Waals surface area contributed by atoms with Gasteiger partial charge in [-0.15, -0.1) is 0 Å². The molecule has 0 aromatic rings. The third kappa shape index (κ3) is 1.01. The van der Waals surface area contributed by atoms with Gasteiger partial charge in [0.2, 0.25) is 0 Å². The highest BCUT2D eigenvalue weighted by atomic mass is 16.4. The molecule has 0 aliphatic heterocycles. The second-order valence-electron chi connectivity index (χ2n) is 3.02. The van der Waals surface area contributed by atoms with Gasteiger partial charge < -0.3 is 10.2 Å². The van der Waals surface area contributed by atoms with E-state index in [2.05, 4.69) is 0 Å². The summed E-state index contributed by atoms with van der Waals surface area (Å²) in [5, 5.41) is 18.0. The van der Waals surface area contributed by atoms with Crippen molar-refractivity contribution >= 4 is 5.97 Å². The van der Waals surface area contributed by atoms with Gasteiger partial charge in [-0.05, 0) is 26.2 Å². The van der Waals surface area contributed by atoms with E-state index in [1.54, 1.807) is 6.92 Å². The van der Waals surface area contributed by atoms with Crippen LogP contribution in [0.3, 0.4) is 0 Å². The maximum Gasteiger partial charge on any atom is 0.309 e. The lowest BCUT2D eigenvalue weighted by molar-refractivity contribution is -0.158. The number of carboxylic acids is 1. The molecule has 0 aromatic heterocycles. The molecule has 0 radical (unpaired) electrons. The molecule has 1 rings (SSSR count). The maximum atomic E-state index is 10.4. The molecule has 0 spiro atoms. The van der Waals surface area contributed by atoms with Crippen LogP contribution in [-0.2, 0) is 4.79 Å². The van der Waals surface area contributed by atoms with Crippen molar-refractivity contribution < 1.29 is 15.0 Å². The Morgan fingerprint density at radius 1 is 1.60 bits per heavy atom. The highest BCUT2D eigenvalue weighted by Gasteiger charge is 2.43. The minimum Gasteiger partial charge on any atom is -0.481 e. The molecule has 1 atom stereocenters. The molecule has 3 heteroatoms. The Kier molecular flexibility index (Phi) is 1.68. The van der Waals surface area contributed by atoms with E-state index in [0.29, 0.717) is 12.8 Å². The van der Waals surface area contributed by atoms with Gasteiger partial charge in [-0.25, -0.2) is 0 Å². The van der Waals surface area contributed by atoms with Crippen LogP contribution in [0.4, 0.5) is 0 Å². The maximum absolute atomic E-state index is 10.4. The van der Waals surface area contributed by atoms with E-state index in [0.717, 1.165) is 6.42 Å². The summed E-state index contributed by atoms with van der Waals surface area (Å²) in [4.78, 5) is 10.4. The highest BCUT2D eigenvalue weighted by Crippen LogP contribution is 2.38. The quantitative estimate of drug-likeness (QED) is 0.597. The summed E-state index contributed by atoms with van der Waals surface area (Å²) >= 11 is 0. The van der Waals surface area contributed by atoms with Crippen LogP contribution in [0.15, 0.2) is 0 Å². The average Bonchev–Trinajstić information content (AvgIpc) is 1.81. The molecule has 0 aromatic carbocycles. The van der Waals surface area contributed by atoms with E-state index < -0.39 is 17.5 Å². The number of rotatable bonds is 2. The number of aliphatic carboxylic acids is 1. The Balaban J connectivity index is 2.54. The first-order chi connectivity index (χ1) is 4.56.